The second-order valence-corrected chi connectivity index (χ2v) is 5.80. The molecular weight excluding hydrogens is 232 g/mol. The molecule has 0 aliphatic carbocycles. The number of nitrogens with zero attached hydrogens (tertiary/aromatic N) is 1. The van der Waals surface area contributed by atoms with E-state index < -0.39 is 0 Å². The third-order valence-electron chi connectivity index (χ3n) is 4.64. The Bertz CT molecular complexity index is 402. The molecule has 19 heavy (non-hydrogen) atoms. The molecule has 1 aliphatic rings. The minimum atomic E-state index is 0.516. The zero-order valence-electron chi connectivity index (χ0n) is 12.8. The van der Waals surface area contributed by atoms with E-state index in [1.807, 2.05) is 0 Å². The monoisotopic (exact) mass is 260 g/mol. The molecule has 2 nitrogen and oxygen atoms in total. The van der Waals surface area contributed by atoms with Gasteiger partial charge in [0.25, 0.3) is 0 Å². The molecule has 1 fully saturated rings. The maximum Gasteiger partial charge on any atom is 0.0326 e. The van der Waals surface area contributed by atoms with Gasteiger partial charge in [-0.05, 0) is 37.8 Å². The highest BCUT2D eigenvalue weighted by atomic mass is 15.2. The standard InChI is InChI=1S/C17H28N2/c1-5-15-12-19(16(6-2)11-18-15)14(4)17-10-8-7-9-13(17)3/h7-10,14-16,18H,5-6,11-12H2,1-4H3. The summed E-state index contributed by atoms with van der Waals surface area (Å²) in [6.45, 7) is 11.5. The number of hydrogen-bond donors (Lipinski definition) is 1. The minimum absolute atomic E-state index is 0.516. The van der Waals surface area contributed by atoms with Gasteiger partial charge in [0, 0.05) is 31.2 Å². The number of nitrogens with one attached hydrogen (secondary N) is 1. The van der Waals surface area contributed by atoms with Crippen LogP contribution in [0.1, 0.15) is 50.8 Å². The van der Waals surface area contributed by atoms with Crippen molar-refractivity contribution in [2.45, 2.75) is 58.7 Å². The number of hydrogen-bond acceptors (Lipinski definition) is 2. The Hall–Kier alpha value is -0.860. The summed E-state index contributed by atoms with van der Waals surface area (Å²) in [6, 6.07) is 10.6. The molecule has 2 rings (SSSR count). The number of rotatable bonds is 4. The van der Waals surface area contributed by atoms with Gasteiger partial charge in [-0.15, -0.1) is 0 Å². The van der Waals surface area contributed by atoms with Gasteiger partial charge in [-0.2, -0.15) is 0 Å². The summed E-state index contributed by atoms with van der Waals surface area (Å²) in [6.07, 6.45) is 2.44. The summed E-state index contributed by atoms with van der Waals surface area (Å²) in [5.41, 5.74) is 2.90. The lowest BCUT2D eigenvalue weighted by Crippen LogP contribution is -2.56. The highest BCUT2D eigenvalue weighted by molar-refractivity contribution is 5.28. The first-order valence-electron chi connectivity index (χ1n) is 7.72. The Labute approximate surface area is 118 Å². The Morgan fingerprint density at radius 1 is 1.26 bits per heavy atom. The van der Waals surface area contributed by atoms with Crippen molar-refractivity contribution < 1.29 is 0 Å². The Morgan fingerprint density at radius 3 is 2.63 bits per heavy atom. The van der Waals surface area contributed by atoms with E-state index >= 15 is 0 Å². The van der Waals surface area contributed by atoms with Crippen molar-refractivity contribution in [3.63, 3.8) is 0 Å². The Kier molecular flexibility index (Phi) is 5.00. The highest BCUT2D eigenvalue weighted by Crippen LogP contribution is 2.28. The molecule has 1 aliphatic heterocycles. The second kappa shape index (κ2) is 6.53. The molecule has 1 aromatic rings. The average molecular weight is 260 g/mol. The van der Waals surface area contributed by atoms with Crippen molar-refractivity contribution in [2.24, 2.45) is 0 Å². The van der Waals surface area contributed by atoms with Gasteiger partial charge in [0.1, 0.15) is 0 Å². The summed E-state index contributed by atoms with van der Waals surface area (Å²) in [7, 11) is 0. The minimum Gasteiger partial charge on any atom is -0.311 e. The molecule has 0 bridgehead atoms. The number of benzene rings is 1. The lowest BCUT2D eigenvalue weighted by Gasteiger charge is -2.44. The van der Waals surface area contributed by atoms with Crippen LogP contribution in [-0.2, 0) is 0 Å². The SMILES string of the molecule is CCC1CN(C(C)c2ccccc2C)C(CC)CN1. The molecule has 1 heterocycles. The van der Waals surface area contributed by atoms with Gasteiger partial charge in [-0.25, -0.2) is 0 Å². The fraction of sp³-hybridized carbons (Fsp3) is 0.647. The molecular formula is C17H28N2. The van der Waals surface area contributed by atoms with Crippen LogP contribution in [0.3, 0.4) is 0 Å². The topological polar surface area (TPSA) is 15.3 Å². The fourth-order valence-corrected chi connectivity index (χ4v) is 3.25. The van der Waals surface area contributed by atoms with Crippen LogP contribution in [0.4, 0.5) is 0 Å². The van der Waals surface area contributed by atoms with Crippen molar-refractivity contribution >= 4 is 0 Å². The van der Waals surface area contributed by atoms with Crippen LogP contribution in [0.2, 0.25) is 0 Å². The van der Waals surface area contributed by atoms with Crippen molar-refractivity contribution in [2.75, 3.05) is 13.1 Å². The predicted molar refractivity (Wildman–Crippen MR) is 82.5 cm³/mol. The highest BCUT2D eigenvalue weighted by Gasteiger charge is 2.30. The number of aryl methyl sites for hydroxylation is 1. The normalized spacial score (nSPS) is 26.3. The van der Waals surface area contributed by atoms with Gasteiger partial charge in [0.05, 0.1) is 0 Å². The average Bonchev–Trinajstić information content (AvgIpc) is 2.46. The van der Waals surface area contributed by atoms with Crippen LogP contribution < -0.4 is 5.32 Å². The van der Waals surface area contributed by atoms with Crippen LogP contribution in [0, 0.1) is 6.92 Å². The largest absolute Gasteiger partial charge is 0.311 e. The first-order valence-corrected chi connectivity index (χ1v) is 7.72. The van der Waals surface area contributed by atoms with Crippen LogP contribution in [0.5, 0.6) is 0 Å². The molecule has 3 unspecified atom stereocenters. The maximum atomic E-state index is 3.68. The van der Waals surface area contributed by atoms with E-state index in [2.05, 4.69) is 62.2 Å². The van der Waals surface area contributed by atoms with Gasteiger partial charge in [0.2, 0.25) is 0 Å². The molecule has 2 heteroatoms. The number of piperazine rings is 1. The Morgan fingerprint density at radius 2 is 2.00 bits per heavy atom. The zero-order valence-corrected chi connectivity index (χ0v) is 12.8. The molecule has 1 saturated heterocycles. The van der Waals surface area contributed by atoms with Gasteiger partial charge >= 0.3 is 0 Å². The predicted octanol–water partition coefficient (Wildman–Crippen LogP) is 3.52. The van der Waals surface area contributed by atoms with Crippen molar-refractivity contribution in [1.82, 2.24) is 10.2 Å². The smallest absolute Gasteiger partial charge is 0.0326 e. The lowest BCUT2D eigenvalue weighted by molar-refractivity contribution is 0.0848. The van der Waals surface area contributed by atoms with E-state index in [0.29, 0.717) is 18.1 Å². The van der Waals surface area contributed by atoms with Gasteiger partial charge in [-0.1, -0.05) is 38.1 Å². The van der Waals surface area contributed by atoms with Crippen molar-refractivity contribution in [3.8, 4) is 0 Å². The van der Waals surface area contributed by atoms with Crippen LogP contribution >= 0.6 is 0 Å². The first kappa shape index (κ1) is 14.5. The quantitative estimate of drug-likeness (QED) is 0.891. The van der Waals surface area contributed by atoms with E-state index in [9.17, 15) is 0 Å². The molecule has 3 atom stereocenters. The van der Waals surface area contributed by atoms with Gasteiger partial charge in [-0.3, -0.25) is 4.90 Å². The van der Waals surface area contributed by atoms with Crippen LogP contribution in [0.15, 0.2) is 24.3 Å². The lowest BCUT2D eigenvalue weighted by atomic mass is 9.96. The molecule has 1 aromatic carbocycles. The Balaban J connectivity index is 2.19. The fourth-order valence-electron chi connectivity index (χ4n) is 3.25. The third kappa shape index (κ3) is 3.18. The molecule has 0 radical (unpaired) electrons. The third-order valence-corrected chi connectivity index (χ3v) is 4.64. The first-order chi connectivity index (χ1) is 9.17. The molecule has 0 aromatic heterocycles. The van der Waals surface area contributed by atoms with E-state index in [-0.39, 0.29) is 0 Å². The second-order valence-electron chi connectivity index (χ2n) is 5.80. The van der Waals surface area contributed by atoms with Crippen LogP contribution in [-0.4, -0.2) is 30.1 Å². The van der Waals surface area contributed by atoms with Crippen LogP contribution in [0.25, 0.3) is 0 Å². The van der Waals surface area contributed by atoms with E-state index in [4.69, 9.17) is 0 Å². The summed E-state index contributed by atoms with van der Waals surface area (Å²) in [4.78, 5) is 2.70. The molecule has 0 spiro atoms. The maximum absolute atomic E-state index is 3.68. The van der Waals surface area contributed by atoms with E-state index in [1.165, 1.54) is 30.5 Å². The van der Waals surface area contributed by atoms with Crippen molar-refractivity contribution in [1.29, 1.82) is 0 Å². The summed E-state index contributed by atoms with van der Waals surface area (Å²) < 4.78 is 0. The summed E-state index contributed by atoms with van der Waals surface area (Å²) in [5, 5.41) is 3.68. The van der Waals surface area contributed by atoms with Crippen molar-refractivity contribution in [3.05, 3.63) is 35.4 Å². The summed E-state index contributed by atoms with van der Waals surface area (Å²) >= 11 is 0. The molecule has 0 amide bonds. The summed E-state index contributed by atoms with van der Waals surface area (Å²) in [5.74, 6) is 0. The zero-order chi connectivity index (χ0) is 13.8. The van der Waals surface area contributed by atoms with E-state index in [1.54, 1.807) is 0 Å². The van der Waals surface area contributed by atoms with Gasteiger partial charge < -0.3 is 5.32 Å². The van der Waals surface area contributed by atoms with Gasteiger partial charge in [0.15, 0.2) is 0 Å². The molecule has 106 valence electrons. The van der Waals surface area contributed by atoms with E-state index in [0.717, 1.165) is 6.54 Å². The molecule has 0 saturated carbocycles. The molecule has 1 N–H and O–H groups in total.